The van der Waals surface area contributed by atoms with Gasteiger partial charge in [-0.1, -0.05) is 17.7 Å². The van der Waals surface area contributed by atoms with Crippen LogP contribution in [0.15, 0.2) is 72.0 Å². The Kier molecular flexibility index (Phi) is 4.16. The maximum atomic E-state index is 13.2. The van der Waals surface area contributed by atoms with Crippen LogP contribution < -0.4 is 4.74 Å². The van der Waals surface area contributed by atoms with E-state index in [1.807, 2.05) is 19.1 Å². The van der Waals surface area contributed by atoms with Gasteiger partial charge in [0.25, 0.3) is 10.0 Å². The highest BCUT2D eigenvalue weighted by atomic mass is 32.2. The van der Waals surface area contributed by atoms with Crippen LogP contribution >= 0.6 is 0 Å². The predicted molar refractivity (Wildman–Crippen MR) is 103 cm³/mol. The summed E-state index contributed by atoms with van der Waals surface area (Å²) in [6.07, 6.45) is 4.83. The van der Waals surface area contributed by atoms with Gasteiger partial charge in [-0.2, -0.15) is 0 Å². The Balaban J connectivity index is 1.93. The number of rotatable bonds is 4. The Labute approximate surface area is 157 Å². The van der Waals surface area contributed by atoms with Gasteiger partial charge < -0.3 is 4.74 Å². The molecule has 0 bridgehead atoms. The van der Waals surface area contributed by atoms with E-state index in [2.05, 4.69) is 9.97 Å². The Morgan fingerprint density at radius 3 is 2.44 bits per heavy atom. The largest absolute Gasteiger partial charge is 0.481 e. The molecule has 3 heterocycles. The van der Waals surface area contributed by atoms with Crippen LogP contribution in [0.3, 0.4) is 0 Å². The number of ether oxygens (including phenoxy) is 1. The average molecular weight is 379 g/mol. The molecule has 0 N–H and O–H groups in total. The van der Waals surface area contributed by atoms with E-state index in [9.17, 15) is 8.42 Å². The summed E-state index contributed by atoms with van der Waals surface area (Å²) in [6.45, 7) is 1.91. The van der Waals surface area contributed by atoms with E-state index in [0.717, 1.165) is 22.1 Å². The summed E-state index contributed by atoms with van der Waals surface area (Å²) >= 11 is 0. The van der Waals surface area contributed by atoms with Crippen LogP contribution in [0.4, 0.5) is 0 Å². The molecule has 0 radical (unpaired) electrons. The quantitative estimate of drug-likeness (QED) is 0.541. The Morgan fingerprint density at radius 2 is 1.78 bits per heavy atom. The van der Waals surface area contributed by atoms with E-state index in [1.54, 1.807) is 62.1 Å². The molecule has 0 aliphatic carbocycles. The molecule has 3 aromatic heterocycles. The number of hydrogen-bond donors (Lipinski definition) is 0. The van der Waals surface area contributed by atoms with Gasteiger partial charge >= 0.3 is 0 Å². The number of hydrogen-bond acceptors (Lipinski definition) is 5. The van der Waals surface area contributed by atoms with Gasteiger partial charge in [0, 0.05) is 41.2 Å². The minimum atomic E-state index is -3.77. The topological polar surface area (TPSA) is 74.1 Å². The zero-order valence-electron chi connectivity index (χ0n) is 14.8. The first-order valence-corrected chi connectivity index (χ1v) is 9.73. The van der Waals surface area contributed by atoms with E-state index in [4.69, 9.17) is 4.74 Å². The maximum absolute atomic E-state index is 13.2. The van der Waals surface area contributed by atoms with Gasteiger partial charge in [-0.3, -0.25) is 0 Å². The Bertz CT molecular complexity index is 1210. The molecule has 4 aromatic rings. The maximum Gasteiger partial charge on any atom is 0.269 e. The number of benzene rings is 1. The molecule has 0 spiro atoms. The third-order valence-electron chi connectivity index (χ3n) is 4.37. The summed E-state index contributed by atoms with van der Waals surface area (Å²) in [5.74, 6) is 0.493. The highest BCUT2D eigenvalue weighted by Crippen LogP contribution is 2.32. The van der Waals surface area contributed by atoms with Crippen molar-refractivity contribution < 1.29 is 13.2 Å². The van der Waals surface area contributed by atoms with Crippen LogP contribution in [-0.2, 0) is 10.0 Å². The summed E-state index contributed by atoms with van der Waals surface area (Å²) in [5.41, 5.74) is 2.90. The molecule has 7 heteroatoms. The van der Waals surface area contributed by atoms with Gasteiger partial charge in [0.2, 0.25) is 5.88 Å². The highest BCUT2D eigenvalue weighted by Gasteiger charge is 2.22. The molecule has 1 aromatic carbocycles. The van der Waals surface area contributed by atoms with Gasteiger partial charge in [0.1, 0.15) is 0 Å². The number of methoxy groups -OCH3 is 1. The van der Waals surface area contributed by atoms with Crippen molar-refractivity contribution in [2.45, 2.75) is 11.8 Å². The summed E-state index contributed by atoms with van der Waals surface area (Å²) in [6, 6.07) is 14.0. The normalized spacial score (nSPS) is 11.6. The minimum absolute atomic E-state index is 0.218. The van der Waals surface area contributed by atoms with Crippen molar-refractivity contribution in [1.29, 1.82) is 0 Å². The molecule has 0 atom stereocenters. The highest BCUT2D eigenvalue weighted by molar-refractivity contribution is 7.90. The molecule has 27 heavy (non-hydrogen) atoms. The van der Waals surface area contributed by atoms with Crippen LogP contribution in [-0.4, -0.2) is 29.5 Å². The summed E-state index contributed by atoms with van der Waals surface area (Å²) in [4.78, 5) is 8.75. The minimum Gasteiger partial charge on any atom is -0.481 e. The molecule has 0 unspecified atom stereocenters. The van der Waals surface area contributed by atoms with Crippen molar-refractivity contribution in [3.8, 4) is 17.0 Å². The third kappa shape index (κ3) is 2.96. The van der Waals surface area contributed by atoms with Gasteiger partial charge in [-0.15, -0.1) is 0 Å². The van der Waals surface area contributed by atoms with Crippen LogP contribution in [0.25, 0.3) is 22.2 Å². The SMILES string of the molecule is COc1ccc(-c2cn(S(=O)(=O)c3ccc(C)cc3)c3ncccc23)cn1. The summed E-state index contributed by atoms with van der Waals surface area (Å²) < 4.78 is 32.7. The zero-order chi connectivity index (χ0) is 19.0. The van der Waals surface area contributed by atoms with Crippen molar-refractivity contribution in [3.05, 3.63) is 72.7 Å². The molecule has 4 rings (SSSR count). The lowest BCUT2D eigenvalue weighted by atomic mass is 10.1. The van der Waals surface area contributed by atoms with Gasteiger partial charge in [0.15, 0.2) is 5.65 Å². The third-order valence-corrected chi connectivity index (χ3v) is 6.03. The predicted octanol–water partition coefficient (Wildman–Crippen LogP) is 3.65. The Hall–Kier alpha value is -3.19. The van der Waals surface area contributed by atoms with Gasteiger partial charge in [-0.25, -0.2) is 22.4 Å². The molecular formula is C20H17N3O3S. The second-order valence-electron chi connectivity index (χ2n) is 6.12. The second-order valence-corrected chi connectivity index (χ2v) is 7.94. The lowest BCUT2D eigenvalue weighted by molar-refractivity contribution is 0.398. The first kappa shape index (κ1) is 17.2. The summed E-state index contributed by atoms with van der Waals surface area (Å²) in [5, 5.41) is 0.736. The molecule has 6 nitrogen and oxygen atoms in total. The average Bonchev–Trinajstić information content (AvgIpc) is 3.09. The van der Waals surface area contributed by atoms with Gasteiger partial charge in [0.05, 0.1) is 12.0 Å². The second kappa shape index (κ2) is 6.51. The fourth-order valence-corrected chi connectivity index (χ4v) is 4.25. The fraction of sp³-hybridized carbons (Fsp3) is 0.100. The van der Waals surface area contributed by atoms with Crippen LogP contribution in [0.1, 0.15) is 5.56 Å². The molecule has 0 saturated heterocycles. The Morgan fingerprint density at radius 1 is 1.00 bits per heavy atom. The molecule has 0 saturated carbocycles. The van der Waals surface area contributed by atoms with E-state index in [0.29, 0.717) is 11.5 Å². The van der Waals surface area contributed by atoms with E-state index in [-0.39, 0.29) is 4.90 Å². The summed E-state index contributed by atoms with van der Waals surface area (Å²) in [7, 11) is -2.23. The number of fused-ring (bicyclic) bond motifs is 1. The lowest BCUT2D eigenvalue weighted by Crippen LogP contribution is -2.12. The molecule has 0 fully saturated rings. The number of aryl methyl sites for hydroxylation is 1. The first-order valence-electron chi connectivity index (χ1n) is 8.29. The van der Waals surface area contributed by atoms with E-state index in [1.165, 1.54) is 3.97 Å². The number of nitrogens with zero attached hydrogens (tertiary/aromatic N) is 3. The first-order chi connectivity index (χ1) is 13.0. The standard InChI is InChI=1S/C20H17N3O3S/c1-14-5-8-16(9-6-14)27(24,25)23-13-18(17-4-3-11-21-20(17)23)15-7-10-19(26-2)22-12-15/h3-13H,1-2H3. The zero-order valence-corrected chi connectivity index (χ0v) is 15.6. The van der Waals surface area contributed by atoms with Gasteiger partial charge in [-0.05, 0) is 37.3 Å². The van der Waals surface area contributed by atoms with Crippen molar-refractivity contribution in [3.63, 3.8) is 0 Å². The molecule has 0 amide bonds. The monoisotopic (exact) mass is 379 g/mol. The molecular weight excluding hydrogens is 362 g/mol. The van der Waals surface area contributed by atoms with Crippen LogP contribution in [0.2, 0.25) is 0 Å². The molecule has 0 aliphatic rings. The number of aromatic nitrogens is 3. The number of pyridine rings is 2. The van der Waals surface area contributed by atoms with Crippen molar-refractivity contribution in [1.82, 2.24) is 13.9 Å². The fourth-order valence-electron chi connectivity index (χ4n) is 2.93. The van der Waals surface area contributed by atoms with Crippen LogP contribution in [0, 0.1) is 6.92 Å². The molecule has 136 valence electrons. The van der Waals surface area contributed by atoms with Crippen molar-refractivity contribution >= 4 is 21.1 Å². The van der Waals surface area contributed by atoms with Crippen LogP contribution in [0.5, 0.6) is 5.88 Å². The lowest BCUT2D eigenvalue weighted by Gasteiger charge is -2.07. The molecule has 0 aliphatic heterocycles. The van der Waals surface area contributed by atoms with E-state index < -0.39 is 10.0 Å². The van der Waals surface area contributed by atoms with Crippen molar-refractivity contribution in [2.24, 2.45) is 0 Å². The van der Waals surface area contributed by atoms with E-state index >= 15 is 0 Å². The van der Waals surface area contributed by atoms with Crippen molar-refractivity contribution in [2.75, 3.05) is 7.11 Å². The smallest absolute Gasteiger partial charge is 0.269 e.